The van der Waals surface area contributed by atoms with Crippen LogP contribution in [0.15, 0.2) is 58.8 Å². The van der Waals surface area contributed by atoms with Gasteiger partial charge >= 0.3 is 5.97 Å². The van der Waals surface area contributed by atoms with Crippen LogP contribution in [0.25, 0.3) is 22.1 Å². The lowest BCUT2D eigenvalue weighted by atomic mass is 10.0. The molecule has 2 aromatic carbocycles. The Morgan fingerprint density at radius 2 is 1.57 bits per heavy atom. The normalized spacial score (nSPS) is 21.6. The number of carbonyl (C=O) groups is 2. The molecule has 8 nitrogen and oxygen atoms in total. The molecule has 30 heavy (non-hydrogen) atoms. The van der Waals surface area contributed by atoms with Gasteiger partial charge in [0, 0.05) is 5.75 Å². The summed E-state index contributed by atoms with van der Waals surface area (Å²) < 4.78 is 5.40. The maximum absolute atomic E-state index is 12.6. The van der Waals surface area contributed by atoms with E-state index in [1.165, 1.54) is 11.8 Å². The van der Waals surface area contributed by atoms with E-state index in [4.69, 9.17) is 4.74 Å². The molecule has 2 unspecified atom stereocenters. The maximum Gasteiger partial charge on any atom is 0.376 e. The molecule has 0 saturated carbocycles. The van der Waals surface area contributed by atoms with Crippen molar-refractivity contribution in [1.82, 2.24) is 19.9 Å². The third kappa shape index (κ3) is 3.26. The third-order valence-corrected chi connectivity index (χ3v) is 7.29. The van der Waals surface area contributed by atoms with Gasteiger partial charge in [-0.1, -0.05) is 47.8 Å². The van der Waals surface area contributed by atoms with Crippen LogP contribution < -0.4 is 0 Å². The van der Waals surface area contributed by atoms with Crippen LogP contribution in [0.3, 0.4) is 0 Å². The number of nitrogens with one attached hydrogen (secondary N) is 2. The molecule has 4 aromatic rings. The number of benzene rings is 2. The zero-order chi connectivity index (χ0) is 20.7. The predicted molar refractivity (Wildman–Crippen MR) is 113 cm³/mol. The van der Waals surface area contributed by atoms with Crippen LogP contribution in [0.2, 0.25) is 0 Å². The number of H-pyrrole nitrogens is 2. The lowest BCUT2D eigenvalue weighted by molar-refractivity contribution is -0.154. The van der Waals surface area contributed by atoms with Crippen LogP contribution in [0.5, 0.6) is 0 Å². The molecule has 5 rings (SSSR count). The van der Waals surface area contributed by atoms with Crippen LogP contribution in [-0.2, 0) is 14.3 Å². The average Bonchev–Trinajstić information content (AvgIpc) is 3.42. The Balaban J connectivity index is 1.41. The number of aliphatic hydroxyl groups excluding tert-OH is 1. The Hall–Kier alpha value is -2.82. The lowest BCUT2D eigenvalue weighted by Crippen LogP contribution is -2.46. The zero-order valence-corrected chi connectivity index (χ0v) is 17.1. The Bertz CT molecular complexity index is 1200. The number of thioether (sulfide) groups is 2. The summed E-state index contributed by atoms with van der Waals surface area (Å²) in [6.45, 7) is -0.490. The number of hydrogen-bond donors (Lipinski definition) is 3. The van der Waals surface area contributed by atoms with E-state index in [-0.39, 0.29) is 5.75 Å². The second-order valence-corrected chi connectivity index (χ2v) is 8.94. The van der Waals surface area contributed by atoms with Gasteiger partial charge in [-0.25, -0.2) is 14.8 Å². The highest BCUT2D eigenvalue weighted by Gasteiger charge is 2.56. The minimum atomic E-state index is -1.37. The molecule has 1 aliphatic rings. The fourth-order valence-corrected chi connectivity index (χ4v) is 5.66. The topological polar surface area (TPSA) is 121 Å². The number of cyclic esters (lactones) is 1. The molecule has 0 amide bonds. The average molecular weight is 441 g/mol. The molecule has 3 N–H and O–H groups in total. The first-order valence-corrected chi connectivity index (χ1v) is 11.0. The van der Waals surface area contributed by atoms with E-state index in [0.29, 0.717) is 10.3 Å². The van der Waals surface area contributed by atoms with E-state index in [0.717, 1.165) is 33.8 Å². The highest BCUT2D eigenvalue weighted by Crippen LogP contribution is 2.40. The smallest absolute Gasteiger partial charge is 0.376 e. The van der Waals surface area contributed by atoms with Gasteiger partial charge in [-0.3, -0.25) is 4.79 Å². The Morgan fingerprint density at radius 3 is 2.20 bits per heavy atom. The Labute approximate surface area is 178 Å². The van der Waals surface area contributed by atoms with Crippen LogP contribution in [0.1, 0.15) is 0 Å². The number of aliphatic hydroxyl groups is 1. The number of Topliss-reactive ketones (excluding diaryl/α,β-unsaturated/α-hetero) is 1. The second kappa shape index (κ2) is 7.46. The molecule has 2 aromatic heterocycles. The van der Waals surface area contributed by atoms with Crippen LogP contribution in [0, 0.1) is 0 Å². The molecule has 0 bridgehead atoms. The molecule has 1 aliphatic heterocycles. The molecular weight excluding hydrogens is 424 g/mol. The molecule has 152 valence electrons. The number of aromatic amines is 2. The van der Waals surface area contributed by atoms with Gasteiger partial charge in [-0.05, 0) is 24.3 Å². The van der Waals surface area contributed by atoms with Crippen molar-refractivity contribution in [3.8, 4) is 0 Å². The van der Waals surface area contributed by atoms with Crippen molar-refractivity contribution in [1.29, 1.82) is 0 Å². The number of aromatic nitrogens is 4. The number of para-hydroxylation sites is 4. The van der Waals surface area contributed by atoms with E-state index in [1.54, 1.807) is 0 Å². The molecule has 1 saturated heterocycles. The lowest BCUT2D eigenvalue weighted by Gasteiger charge is -2.28. The summed E-state index contributed by atoms with van der Waals surface area (Å²) in [5, 5.41) is 10.3. The molecule has 1 fully saturated rings. The van der Waals surface area contributed by atoms with Gasteiger partial charge in [0.25, 0.3) is 5.78 Å². The minimum absolute atomic E-state index is 0.165. The number of hydrogen-bond acceptors (Lipinski definition) is 8. The molecule has 3 heterocycles. The van der Waals surface area contributed by atoms with E-state index in [2.05, 4.69) is 19.9 Å². The number of ether oxygens (including phenoxy) is 1. The largest absolute Gasteiger partial charge is 0.448 e. The summed E-state index contributed by atoms with van der Waals surface area (Å²) in [4.78, 5) is 40.0. The van der Waals surface area contributed by atoms with Crippen molar-refractivity contribution in [3.05, 3.63) is 48.5 Å². The number of carbonyl (C=O) groups excluding carboxylic acids is 2. The number of fused-ring (bicyclic) bond motifs is 2. The van der Waals surface area contributed by atoms with Gasteiger partial charge in [0.05, 0.1) is 28.7 Å². The van der Waals surface area contributed by atoms with Gasteiger partial charge in [0.2, 0.25) is 0 Å². The first-order valence-electron chi connectivity index (χ1n) is 9.15. The van der Waals surface area contributed by atoms with Crippen LogP contribution in [0.4, 0.5) is 0 Å². The first-order chi connectivity index (χ1) is 14.6. The first kappa shape index (κ1) is 19.2. The highest BCUT2D eigenvalue weighted by atomic mass is 32.2. The predicted octanol–water partition coefficient (Wildman–Crippen LogP) is 2.55. The van der Waals surface area contributed by atoms with Gasteiger partial charge < -0.3 is 19.8 Å². The van der Waals surface area contributed by atoms with Gasteiger partial charge in [-0.2, -0.15) is 0 Å². The zero-order valence-electron chi connectivity index (χ0n) is 15.5. The fraction of sp³-hybridized carbons (Fsp3) is 0.200. The highest BCUT2D eigenvalue weighted by molar-refractivity contribution is 8.01. The monoisotopic (exact) mass is 440 g/mol. The van der Waals surface area contributed by atoms with Crippen molar-refractivity contribution >= 4 is 57.3 Å². The summed E-state index contributed by atoms with van der Waals surface area (Å²) in [6.07, 6.45) is 0. The van der Waals surface area contributed by atoms with Gasteiger partial charge in [0.15, 0.2) is 15.9 Å². The van der Waals surface area contributed by atoms with Crippen LogP contribution >= 0.6 is 23.5 Å². The van der Waals surface area contributed by atoms with Crippen molar-refractivity contribution in [3.63, 3.8) is 0 Å². The number of ketones is 1. The summed E-state index contributed by atoms with van der Waals surface area (Å²) in [5.74, 6) is -1.46. The van der Waals surface area contributed by atoms with E-state index >= 15 is 0 Å². The van der Waals surface area contributed by atoms with Gasteiger partial charge in [0.1, 0.15) is 5.25 Å². The summed E-state index contributed by atoms with van der Waals surface area (Å²) in [7, 11) is 0. The standard InChI is InChI=1S/C20H16N4O4S2/c25-9-20(10-29-18-21-11-5-1-2-6-12(11)22-18)16(15(26)17(27)28-20)30-19-23-13-7-3-4-8-14(13)24-19/h1-8,16,25H,9-10H2,(H,21,22)(H,23,24). The number of nitrogens with zero attached hydrogens (tertiary/aromatic N) is 2. The van der Waals surface area contributed by atoms with E-state index in [9.17, 15) is 14.7 Å². The molecular formula is C20H16N4O4S2. The van der Waals surface area contributed by atoms with Gasteiger partial charge in [-0.15, -0.1) is 0 Å². The van der Waals surface area contributed by atoms with Crippen LogP contribution in [-0.4, -0.2) is 60.0 Å². The van der Waals surface area contributed by atoms with Crippen molar-refractivity contribution in [2.45, 2.75) is 21.2 Å². The second-order valence-electron chi connectivity index (χ2n) is 6.88. The fourth-order valence-electron chi connectivity index (χ4n) is 3.35. The number of rotatable bonds is 6. The molecule has 0 spiro atoms. The number of imidazole rings is 2. The van der Waals surface area contributed by atoms with Crippen molar-refractivity contribution < 1.29 is 19.4 Å². The maximum atomic E-state index is 12.6. The quantitative estimate of drug-likeness (QED) is 0.238. The molecule has 2 atom stereocenters. The molecule has 10 heteroatoms. The van der Waals surface area contributed by atoms with Crippen molar-refractivity contribution in [2.24, 2.45) is 0 Å². The summed E-state index contributed by atoms with van der Waals surface area (Å²) in [6, 6.07) is 15.1. The summed E-state index contributed by atoms with van der Waals surface area (Å²) >= 11 is 2.38. The Morgan fingerprint density at radius 1 is 0.967 bits per heavy atom. The third-order valence-electron chi connectivity index (χ3n) is 4.90. The molecule has 0 radical (unpaired) electrons. The minimum Gasteiger partial charge on any atom is -0.448 e. The van der Waals surface area contributed by atoms with E-state index < -0.39 is 29.2 Å². The summed E-state index contributed by atoms with van der Waals surface area (Å²) in [5.41, 5.74) is 1.89. The molecule has 0 aliphatic carbocycles. The number of esters is 1. The Kier molecular flexibility index (Phi) is 4.76. The van der Waals surface area contributed by atoms with Crippen molar-refractivity contribution in [2.75, 3.05) is 12.4 Å². The SMILES string of the molecule is O=C1OC(CO)(CSc2nc3ccccc3[nH]2)C(Sc2nc3ccccc3[nH]2)C1=O. The van der Waals surface area contributed by atoms with E-state index in [1.807, 2.05) is 48.5 Å².